The Bertz CT molecular complexity index is 1430. The highest BCUT2D eigenvalue weighted by Gasteiger charge is 2.24. The van der Waals surface area contributed by atoms with E-state index in [-0.39, 0.29) is 86.6 Å². The van der Waals surface area contributed by atoms with Gasteiger partial charge in [0.2, 0.25) is 17.7 Å². The van der Waals surface area contributed by atoms with Crippen molar-refractivity contribution in [1.82, 2.24) is 21.3 Å². The molecule has 0 radical (unpaired) electrons. The number of urea groups is 1. The molecule has 19 heteroatoms. The predicted octanol–water partition coefficient (Wildman–Crippen LogP) is 1.41. The number of benzene rings is 1. The highest BCUT2D eigenvalue weighted by atomic mass is 16.6. The number of ether oxygens (including phenoxy) is 5. The van der Waals surface area contributed by atoms with Gasteiger partial charge in [0.05, 0.1) is 65.3 Å². The van der Waals surface area contributed by atoms with Crippen LogP contribution in [0.1, 0.15) is 83.7 Å². The van der Waals surface area contributed by atoms with Gasteiger partial charge in [-0.1, -0.05) is 54.5 Å². The van der Waals surface area contributed by atoms with Gasteiger partial charge in [0.15, 0.2) is 0 Å². The van der Waals surface area contributed by atoms with E-state index >= 15 is 0 Å². The maximum Gasteiger partial charge on any atom is 0.312 e. The summed E-state index contributed by atoms with van der Waals surface area (Å²) >= 11 is 0. The minimum Gasteiger partial charge on any atom is -0.461 e. The summed E-state index contributed by atoms with van der Waals surface area (Å²) in [6, 6.07) is 3.24. The second-order valence-electron chi connectivity index (χ2n) is 14.1. The van der Waals surface area contributed by atoms with Crippen LogP contribution in [0.5, 0.6) is 0 Å². The Labute approximate surface area is 348 Å². The summed E-state index contributed by atoms with van der Waals surface area (Å²) in [7, 11) is 0. The first-order chi connectivity index (χ1) is 28.0. The Hall–Kier alpha value is -4.69. The van der Waals surface area contributed by atoms with Crippen molar-refractivity contribution >= 4 is 47.1 Å². The van der Waals surface area contributed by atoms with E-state index < -0.39 is 35.8 Å². The quantitative estimate of drug-likeness (QED) is 0.0427. The number of nitrogens with one attached hydrogen (secondary N) is 5. The normalized spacial score (nSPS) is 11.3. The fourth-order valence-corrected chi connectivity index (χ4v) is 4.49. The number of rotatable bonds is 30. The number of carbonyl (C=O) groups is 7. The third-order valence-electron chi connectivity index (χ3n) is 7.87. The first-order valence-electron chi connectivity index (χ1n) is 20.1. The molecule has 0 saturated carbocycles. The molecule has 1 unspecified atom stereocenters. The minimum atomic E-state index is -0.887. The predicted molar refractivity (Wildman–Crippen MR) is 221 cm³/mol. The summed E-state index contributed by atoms with van der Waals surface area (Å²) in [5.74, 6) is -2.77. The molecule has 0 spiro atoms. The number of amides is 6. The zero-order chi connectivity index (χ0) is 44.6. The minimum absolute atomic E-state index is 0.0134. The molecule has 9 N–H and O–H groups in total. The zero-order valence-corrected chi connectivity index (χ0v) is 35.9. The molecule has 0 heterocycles. The van der Waals surface area contributed by atoms with Crippen molar-refractivity contribution in [2.45, 2.75) is 80.4 Å². The molecule has 0 aromatic heterocycles. The third kappa shape index (κ3) is 27.6. The van der Waals surface area contributed by atoms with Crippen LogP contribution in [-0.2, 0) is 54.3 Å². The molecule has 6 amide bonds. The Kier molecular flexibility index (Phi) is 30.5. The van der Waals surface area contributed by atoms with Gasteiger partial charge in [-0.05, 0) is 24.5 Å². The zero-order valence-electron chi connectivity index (χ0n) is 35.9. The smallest absolute Gasteiger partial charge is 0.312 e. The van der Waals surface area contributed by atoms with Gasteiger partial charge in [-0.2, -0.15) is 0 Å². The van der Waals surface area contributed by atoms with Crippen molar-refractivity contribution in [3.63, 3.8) is 0 Å². The van der Waals surface area contributed by atoms with Crippen LogP contribution in [0.4, 0.5) is 10.5 Å². The van der Waals surface area contributed by atoms with Crippen molar-refractivity contribution in [1.29, 1.82) is 0 Å². The highest BCUT2D eigenvalue weighted by molar-refractivity contribution is 5.99. The molecule has 1 atom stereocenters. The molecule has 0 saturated heterocycles. The van der Waals surface area contributed by atoms with Crippen molar-refractivity contribution in [3.8, 4) is 0 Å². The first-order valence-corrected chi connectivity index (χ1v) is 20.1. The van der Waals surface area contributed by atoms with E-state index in [1.165, 1.54) is 6.07 Å². The number of esters is 1. The van der Waals surface area contributed by atoms with Gasteiger partial charge in [0.25, 0.3) is 5.91 Å². The summed E-state index contributed by atoms with van der Waals surface area (Å²) in [5, 5.41) is 13.0. The lowest BCUT2D eigenvalue weighted by atomic mass is 10.0. The summed E-state index contributed by atoms with van der Waals surface area (Å²) in [4.78, 5) is 84.2. The van der Waals surface area contributed by atoms with E-state index in [0.29, 0.717) is 58.2 Å². The molecule has 0 aliphatic heterocycles. The Balaban J connectivity index is 0.00000438. The van der Waals surface area contributed by atoms with Crippen molar-refractivity contribution in [2.75, 3.05) is 84.4 Å². The fourth-order valence-electron chi connectivity index (χ4n) is 4.49. The number of primary amides is 1. The summed E-state index contributed by atoms with van der Waals surface area (Å²) < 4.78 is 27.0. The van der Waals surface area contributed by atoms with Crippen LogP contribution in [0.15, 0.2) is 18.2 Å². The van der Waals surface area contributed by atoms with Crippen LogP contribution in [-0.4, -0.2) is 126 Å². The molecule has 1 aromatic rings. The number of nitrogens with two attached hydrogens (primary N) is 2. The number of carbonyl (C=O) groups excluding carboxylic acids is 7. The number of anilines is 1. The molecule has 1 aromatic carbocycles. The SMILES string of the molecule is CC(C)C(=O)CCOCCOCCOCCOCCC(=O)NC(C(=O)NCC(=O)Nc1ccc(COC(=O)C(C)C)c(C(=O)NCCN)c1)C(C)C.CCCNC(N)=O. The molecule has 19 nitrogen and oxygen atoms in total. The Morgan fingerprint density at radius 2 is 1.27 bits per heavy atom. The molecule has 0 bridgehead atoms. The molecule has 336 valence electrons. The fraction of sp³-hybridized carbons (Fsp3) is 0.675. The van der Waals surface area contributed by atoms with Gasteiger partial charge in [-0.3, -0.25) is 28.8 Å². The number of hydrogen-bond acceptors (Lipinski definition) is 13. The lowest BCUT2D eigenvalue weighted by Crippen LogP contribution is -2.51. The Morgan fingerprint density at radius 3 is 1.76 bits per heavy atom. The molecule has 0 fully saturated rings. The van der Waals surface area contributed by atoms with E-state index in [2.05, 4.69) is 26.6 Å². The molecular formula is C40H69N7O12. The molecule has 59 heavy (non-hydrogen) atoms. The van der Waals surface area contributed by atoms with Crippen LogP contribution in [0.2, 0.25) is 0 Å². The second-order valence-corrected chi connectivity index (χ2v) is 14.1. The number of ketones is 1. The number of Topliss-reactive ketones (excluding diaryl/α,β-unsaturated/α-hetero) is 1. The van der Waals surface area contributed by atoms with E-state index in [0.717, 1.165) is 6.42 Å². The van der Waals surface area contributed by atoms with Gasteiger partial charge in [-0.15, -0.1) is 0 Å². The van der Waals surface area contributed by atoms with Crippen LogP contribution in [0.3, 0.4) is 0 Å². The highest BCUT2D eigenvalue weighted by Crippen LogP contribution is 2.18. The average Bonchev–Trinajstić information content (AvgIpc) is 3.19. The molecule has 0 aliphatic rings. The van der Waals surface area contributed by atoms with Crippen LogP contribution >= 0.6 is 0 Å². The second kappa shape index (κ2) is 33.2. The van der Waals surface area contributed by atoms with E-state index in [1.54, 1.807) is 39.8 Å². The first kappa shape index (κ1) is 54.3. The Morgan fingerprint density at radius 1 is 0.695 bits per heavy atom. The molecular weight excluding hydrogens is 770 g/mol. The molecule has 1 rings (SSSR count). The largest absolute Gasteiger partial charge is 0.461 e. The lowest BCUT2D eigenvalue weighted by Gasteiger charge is -2.21. The summed E-state index contributed by atoms with van der Waals surface area (Å²) in [6.07, 6.45) is 1.36. The third-order valence-corrected chi connectivity index (χ3v) is 7.87. The standard InChI is InChI=1S/C36H59N5O11.C4H10N2O/c1-24(2)30(42)9-13-48-15-17-50-19-20-51-18-16-49-14-10-31(43)41-33(25(3)4)35(46)39-22-32(44)40-28-8-7-27(23-52-36(47)26(5)6)29(21-28)34(45)38-12-11-37;1-2-3-6-4(5)7/h7-8,21,24-26,33H,9-20,22-23,37H2,1-6H3,(H,38,45)(H,39,46)(H,40,44)(H,41,43);2-3H2,1H3,(H3,5,6,7). The van der Waals surface area contributed by atoms with Crippen LogP contribution < -0.4 is 38.1 Å². The van der Waals surface area contributed by atoms with E-state index in [1.807, 2.05) is 20.8 Å². The van der Waals surface area contributed by atoms with Crippen LogP contribution in [0.25, 0.3) is 0 Å². The van der Waals surface area contributed by atoms with Gasteiger partial charge in [0, 0.05) is 55.2 Å². The summed E-state index contributed by atoms with van der Waals surface area (Å²) in [6.45, 7) is 15.9. The maximum absolute atomic E-state index is 12.9. The van der Waals surface area contributed by atoms with Gasteiger partial charge in [-0.25, -0.2) is 4.79 Å². The monoisotopic (exact) mass is 840 g/mol. The summed E-state index contributed by atoms with van der Waals surface area (Å²) in [5.41, 5.74) is 11.2. The van der Waals surface area contributed by atoms with Crippen molar-refractivity contribution in [3.05, 3.63) is 29.3 Å². The maximum atomic E-state index is 12.9. The van der Waals surface area contributed by atoms with Gasteiger partial charge in [0.1, 0.15) is 18.4 Å². The van der Waals surface area contributed by atoms with E-state index in [9.17, 15) is 33.6 Å². The van der Waals surface area contributed by atoms with Crippen molar-refractivity contribution in [2.24, 2.45) is 29.2 Å². The van der Waals surface area contributed by atoms with Gasteiger partial charge < -0.3 is 61.7 Å². The topological polar surface area (TPSA) is 278 Å². The molecule has 0 aliphatic carbocycles. The lowest BCUT2D eigenvalue weighted by molar-refractivity contribution is -0.148. The van der Waals surface area contributed by atoms with Crippen LogP contribution in [0, 0.1) is 17.8 Å². The van der Waals surface area contributed by atoms with Crippen molar-refractivity contribution < 1.29 is 57.2 Å². The van der Waals surface area contributed by atoms with E-state index in [4.69, 9.17) is 35.2 Å². The average molecular weight is 840 g/mol. The van der Waals surface area contributed by atoms with Gasteiger partial charge >= 0.3 is 12.0 Å². The number of hydrogen-bond donors (Lipinski definition) is 7.